The smallest absolute Gasteiger partial charge is 0.224 e. The van der Waals surface area contributed by atoms with Gasteiger partial charge >= 0.3 is 0 Å². The number of hydrogen-bond donors (Lipinski definition) is 1. The van der Waals surface area contributed by atoms with Crippen molar-refractivity contribution in [2.24, 2.45) is 5.92 Å². The summed E-state index contributed by atoms with van der Waals surface area (Å²) in [6.07, 6.45) is 1.36. The normalized spacial score (nSPS) is 22.5. The van der Waals surface area contributed by atoms with Crippen molar-refractivity contribution in [1.82, 2.24) is 4.13 Å². The molecular formula is C12H17NO6S3. The Balaban J connectivity index is 2.46. The van der Waals surface area contributed by atoms with Crippen LogP contribution in [0.5, 0.6) is 0 Å². The third kappa shape index (κ3) is 3.50. The minimum atomic E-state index is -4.36. The van der Waals surface area contributed by atoms with Crippen molar-refractivity contribution >= 4 is 29.9 Å². The Kier molecular flexibility index (Phi) is 4.18. The Morgan fingerprint density at radius 1 is 1.09 bits per heavy atom. The number of benzene rings is 1. The van der Waals surface area contributed by atoms with Crippen molar-refractivity contribution in [3.63, 3.8) is 0 Å². The van der Waals surface area contributed by atoms with Crippen LogP contribution in [0.1, 0.15) is 18.9 Å². The van der Waals surface area contributed by atoms with Crippen LogP contribution in [0.4, 0.5) is 0 Å². The van der Waals surface area contributed by atoms with E-state index in [1.165, 1.54) is 19.1 Å². The topological polar surface area (TPSA) is 114 Å². The standard InChI is InChI=1S/C12H17NO6S3/c1-8-4-5-10(20(3,14)15)7-12(8)22(18,19)13-21(16,17)11-6-9(11)2/h4-5,7,9,11,13H,6H2,1-3H3. The Hall–Kier alpha value is -0.970. The summed E-state index contributed by atoms with van der Waals surface area (Å²) in [7, 11) is -12.0. The van der Waals surface area contributed by atoms with E-state index in [1.54, 1.807) is 11.1 Å². The van der Waals surface area contributed by atoms with E-state index in [4.69, 9.17) is 0 Å². The molecule has 1 aliphatic carbocycles. The van der Waals surface area contributed by atoms with E-state index >= 15 is 0 Å². The average molecular weight is 367 g/mol. The first-order valence-electron chi connectivity index (χ1n) is 6.43. The van der Waals surface area contributed by atoms with Gasteiger partial charge in [-0.15, -0.1) is 4.13 Å². The molecule has 2 rings (SSSR count). The Morgan fingerprint density at radius 2 is 1.64 bits per heavy atom. The first-order chi connectivity index (χ1) is 9.84. The highest BCUT2D eigenvalue weighted by Crippen LogP contribution is 2.36. The number of nitrogens with one attached hydrogen (secondary N) is 1. The maximum atomic E-state index is 12.3. The van der Waals surface area contributed by atoms with Crippen LogP contribution in [0.2, 0.25) is 0 Å². The highest BCUT2D eigenvalue weighted by molar-refractivity contribution is 8.05. The van der Waals surface area contributed by atoms with Gasteiger partial charge in [0.1, 0.15) is 0 Å². The summed E-state index contributed by atoms with van der Waals surface area (Å²) >= 11 is 0. The summed E-state index contributed by atoms with van der Waals surface area (Å²) in [5.74, 6) is -0.0869. The lowest BCUT2D eigenvalue weighted by atomic mass is 10.2. The fourth-order valence-electron chi connectivity index (χ4n) is 2.08. The molecule has 0 aliphatic heterocycles. The Labute approximate surface area is 130 Å². The van der Waals surface area contributed by atoms with Gasteiger partial charge in [-0.3, -0.25) is 0 Å². The van der Waals surface area contributed by atoms with Crippen molar-refractivity contribution in [2.45, 2.75) is 35.3 Å². The van der Waals surface area contributed by atoms with Crippen LogP contribution in [0, 0.1) is 12.8 Å². The molecule has 0 saturated heterocycles. The molecule has 10 heteroatoms. The first kappa shape index (κ1) is 17.4. The van der Waals surface area contributed by atoms with Gasteiger partial charge in [-0.05, 0) is 37.0 Å². The van der Waals surface area contributed by atoms with E-state index in [9.17, 15) is 25.3 Å². The highest BCUT2D eigenvalue weighted by atomic mass is 32.3. The second kappa shape index (κ2) is 5.29. The predicted octanol–water partition coefficient (Wildman–Crippen LogP) is 0.415. The van der Waals surface area contributed by atoms with Crippen molar-refractivity contribution in [3.8, 4) is 0 Å². The highest BCUT2D eigenvalue weighted by Gasteiger charge is 2.46. The van der Waals surface area contributed by atoms with E-state index < -0.39 is 35.1 Å². The van der Waals surface area contributed by atoms with Gasteiger partial charge in [0.05, 0.1) is 15.0 Å². The SMILES string of the molecule is Cc1ccc(S(C)(=O)=O)cc1S(=O)(=O)NS(=O)(=O)C1CC1C. The summed E-state index contributed by atoms with van der Waals surface area (Å²) in [6, 6.07) is 3.58. The third-order valence-electron chi connectivity index (χ3n) is 3.54. The second-order valence-electron chi connectivity index (χ2n) is 5.58. The van der Waals surface area contributed by atoms with Gasteiger partial charge in [-0.2, -0.15) is 0 Å². The zero-order valence-electron chi connectivity index (χ0n) is 12.3. The predicted molar refractivity (Wildman–Crippen MR) is 81.1 cm³/mol. The molecule has 1 aromatic rings. The molecule has 1 saturated carbocycles. The minimum absolute atomic E-state index is 0.0869. The molecule has 0 spiro atoms. The molecule has 1 N–H and O–H groups in total. The van der Waals surface area contributed by atoms with Crippen LogP contribution in [0.3, 0.4) is 0 Å². The summed E-state index contributed by atoms with van der Waals surface area (Å²) in [5, 5.41) is -0.722. The molecule has 2 unspecified atom stereocenters. The lowest BCUT2D eigenvalue weighted by Gasteiger charge is -2.11. The second-order valence-corrected chi connectivity index (χ2v) is 11.4. The fraction of sp³-hybridized carbons (Fsp3) is 0.500. The van der Waals surface area contributed by atoms with Crippen LogP contribution >= 0.6 is 0 Å². The van der Waals surface area contributed by atoms with E-state index in [0.29, 0.717) is 6.42 Å². The van der Waals surface area contributed by atoms with Gasteiger partial charge in [0.15, 0.2) is 9.84 Å². The van der Waals surface area contributed by atoms with Gasteiger partial charge in [0.2, 0.25) is 10.0 Å². The summed E-state index contributed by atoms with van der Waals surface area (Å²) in [4.78, 5) is -0.539. The minimum Gasteiger partial charge on any atom is -0.224 e. The third-order valence-corrected chi connectivity index (χ3v) is 8.93. The van der Waals surface area contributed by atoms with Crippen molar-refractivity contribution in [3.05, 3.63) is 23.8 Å². The molecule has 2 atom stereocenters. The average Bonchev–Trinajstić information content (AvgIpc) is 3.04. The summed E-state index contributed by atoms with van der Waals surface area (Å²) in [6.45, 7) is 3.18. The molecule has 1 fully saturated rings. The zero-order chi connectivity index (χ0) is 16.9. The van der Waals surface area contributed by atoms with Crippen LogP contribution < -0.4 is 4.13 Å². The van der Waals surface area contributed by atoms with Crippen LogP contribution in [-0.2, 0) is 29.9 Å². The molecule has 0 amide bonds. The quantitative estimate of drug-likeness (QED) is 0.806. The largest absolute Gasteiger partial charge is 0.253 e. The Bertz CT molecular complexity index is 916. The van der Waals surface area contributed by atoms with Gasteiger partial charge < -0.3 is 0 Å². The fourth-order valence-corrected chi connectivity index (χ4v) is 6.82. The molecule has 22 heavy (non-hydrogen) atoms. The van der Waals surface area contributed by atoms with E-state index in [-0.39, 0.29) is 21.3 Å². The molecule has 0 bridgehead atoms. The van der Waals surface area contributed by atoms with E-state index in [2.05, 4.69) is 0 Å². The monoisotopic (exact) mass is 367 g/mol. The zero-order valence-corrected chi connectivity index (χ0v) is 14.7. The van der Waals surface area contributed by atoms with E-state index in [1.807, 2.05) is 0 Å². The molecule has 124 valence electrons. The lowest BCUT2D eigenvalue weighted by Crippen LogP contribution is -2.34. The Morgan fingerprint density at radius 3 is 2.09 bits per heavy atom. The molecule has 0 aromatic heterocycles. The van der Waals surface area contributed by atoms with Crippen LogP contribution in [0.25, 0.3) is 0 Å². The van der Waals surface area contributed by atoms with Crippen molar-refractivity contribution in [2.75, 3.05) is 6.26 Å². The molecule has 7 nitrogen and oxygen atoms in total. The van der Waals surface area contributed by atoms with Gasteiger partial charge in [0.25, 0.3) is 10.0 Å². The number of aryl methyl sites for hydroxylation is 1. The summed E-state index contributed by atoms with van der Waals surface area (Å²) < 4.78 is 73.3. The van der Waals surface area contributed by atoms with Crippen molar-refractivity contribution < 1.29 is 25.3 Å². The van der Waals surface area contributed by atoms with Gasteiger partial charge in [0, 0.05) is 6.26 Å². The number of sulfonamides is 2. The molecular weight excluding hydrogens is 350 g/mol. The van der Waals surface area contributed by atoms with Gasteiger partial charge in [-0.25, -0.2) is 25.3 Å². The lowest BCUT2D eigenvalue weighted by molar-refractivity contribution is 0.574. The van der Waals surface area contributed by atoms with Gasteiger partial charge in [-0.1, -0.05) is 13.0 Å². The van der Waals surface area contributed by atoms with Crippen LogP contribution in [-0.4, -0.2) is 36.8 Å². The number of sulfone groups is 1. The molecule has 1 aliphatic rings. The number of hydrogen-bond acceptors (Lipinski definition) is 6. The number of rotatable bonds is 5. The molecule has 0 heterocycles. The maximum absolute atomic E-state index is 12.3. The summed E-state index contributed by atoms with van der Waals surface area (Å²) in [5.41, 5.74) is 0.263. The first-order valence-corrected chi connectivity index (χ1v) is 11.3. The molecule has 1 aromatic carbocycles. The van der Waals surface area contributed by atoms with Crippen LogP contribution in [0.15, 0.2) is 28.0 Å². The maximum Gasteiger partial charge on any atom is 0.253 e. The van der Waals surface area contributed by atoms with Crippen molar-refractivity contribution in [1.29, 1.82) is 0 Å². The molecule has 0 radical (unpaired) electrons. The van der Waals surface area contributed by atoms with E-state index in [0.717, 1.165) is 12.3 Å².